The molecule has 6 nitrogen and oxygen atoms in total. The van der Waals surface area contributed by atoms with Crippen molar-refractivity contribution < 1.29 is 23.1 Å². The molecule has 2 heterocycles. The molecule has 9 heteroatoms. The molecule has 0 spiro atoms. The lowest BCUT2D eigenvalue weighted by molar-refractivity contribution is -0.138. The van der Waals surface area contributed by atoms with Crippen molar-refractivity contribution in [1.29, 1.82) is 0 Å². The van der Waals surface area contributed by atoms with Gasteiger partial charge in [-0.1, -0.05) is 42.2 Å². The van der Waals surface area contributed by atoms with Crippen LogP contribution in [0.4, 0.5) is 13.2 Å². The fourth-order valence-electron chi connectivity index (χ4n) is 5.24. The summed E-state index contributed by atoms with van der Waals surface area (Å²) in [5.74, 6) is 6.67. The number of rotatable bonds is 7. The van der Waals surface area contributed by atoms with E-state index >= 15 is 0 Å². The molecule has 1 N–H and O–H groups in total. The normalized spacial score (nSPS) is 14.5. The smallest absolute Gasteiger partial charge is 0.395 e. The summed E-state index contributed by atoms with van der Waals surface area (Å²) in [6.45, 7) is 7.21. The van der Waals surface area contributed by atoms with E-state index in [2.05, 4.69) is 26.7 Å². The van der Waals surface area contributed by atoms with Crippen molar-refractivity contribution >= 4 is 16.7 Å². The Morgan fingerprint density at radius 3 is 2.47 bits per heavy atom. The number of fused-ring (bicyclic) bond motifs is 1. The maximum Gasteiger partial charge on any atom is 0.416 e. The van der Waals surface area contributed by atoms with Crippen LogP contribution in [0.2, 0.25) is 0 Å². The molecule has 0 amide bonds. The van der Waals surface area contributed by atoms with Crippen LogP contribution >= 0.6 is 0 Å². The van der Waals surface area contributed by atoms with E-state index in [0.717, 1.165) is 28.1 Å². The van der Waals surface area contributed by atoms with E-state index in [1.54, 1.807) is 30.5 Å². The zero-order chi connectivity index (χ0) is 30.6. The minimum atomic E-state index is -4.53. The van der Waals surface area contributed by atoms with Crippen LogP contribution in [-0.2, 0) is 19.1 Å². The molecule has 1 saturated heterocycles. The highest BCUT2D eigenvalue weighted by molar-refractivity contribution is 5.98. The Bertz CT molecular complexity index is 1700. The van der Waals surface area contributed by atoms with Gasteiger partial charge in [0.2, 0.25) is 0 Å². The van der Waals surface area contributed by atoms with Crippen molar-refractivity contribution in [1.82, 2.24) is 19.8 Å². The number of hydrogen-bond donors (Lipinski definition) is 1. The number of β-amino-alcohol motifs (C(OH)–C–C–N with tert-alkyl or cyclic N) is 1. The van der Waals surface area contributed by atoms with Crippen LogP contribution in [-0.4, -0.2) is 70.0 Å². The summed E-state index contributed by atoms with van der Waals surface area (Å²) in [4.78, 5) is 25.9. The van der Waals surface area contributed by atoms with Crippen molar-refractivity contribution in [2.75, 3.05) is 39.3 Å². The van der Waals surface area contributed by atoms with Crippen molar-refractivity contribution in [2.45, 2.75) is 33.0 Å². The van der Waals surface area contributed by atoms with Gasteiger partial charge in [0, 0.05) is 74.0 Å². The van der Waals surface area contributed by atoms with E-state index in [1.165, 1.54) is 6.07 Å². The molecule has 1 aliphatic heterocycles. The SMILES string of the molecule is Cc1ncc2ccc(C#Cc3cc(C(=O)Cc4ccc(CN5CCN(CCO)CC5)c(C(F)(F)F)c4)ccc3C)cc2n1. The Kier molecular flexibility index (Phi) is 9.21. The summed E-state index contributed by atoms with van der Waals surface area (Å²) in [5.41, 5.74) is 3.34. The third-order valence-corrected chi connectivity index (χ3v) is 7.72. The molecule has 0 aliphatic carbocycles. The predicted octanol–water partition coefficient (Wildman–Crippen LogP) is 5.20. The van der Waals surface area contributed by atoms with E-state index in [4.69, 9.17) is 5.11 Å². The number of ketones is 1. The van der Waals surface area contributed by atoms with Crippen LogP contribution in [0.1, 0.15) is 49.6 Å². The van der Waals surface area contributed by atoms with Crippen molar-refractivity contribution in [3.63, 3.8) is 0 Å². The number of aromatic nitrogens is 2. The summed E-state index contributed by atoms with van der Waals surface area (Å²) < 4.78 is 42.2. The Balaban J connectivity index is 1.31. The Morgan fingerprint density at radius 2 is 1.72 bits per heavy atom. The van der Waals surface area contributed by atoms with Gasteiger partial charge in [0.15, 0.2) is 5.78 Å². The number of hydrogen-bond acceptors (Lipinski definition) is 6. The number of aliphatic hydroxyl groups excluding tert-OH is 1. The first-order valence-electron chi connectivity index (χ1n) is 14.2. The number of carbonyl (C=O) groups excluding carboxylic acids is 1. The van der Waals surface area contributed by atoms with Crippen LogP contribution in [0, 0.1) is 25.7 Å². The quantitative estimate of drug-likeness (QED) is 0.237. The fourth-order valence-corrected chi connectivity index (χ4v) is 5.24. The summed E-state index contributed by atoms with van der Waals surface area (Å²) >= 11 is 0. The first kappa shape index (κ1) is 30.4. The van der Waals surface area contributed by atoms with Gasteiger partial charge < -0.3 is 5.11 Å². The Morgan fingerprint density at radius 1 is 0.953 bits per heavy atom. The zero-order valence-electron chi connectivity index (χ0n) is 24.2. The van der Waals surface area contributed by atoms with Crippen molar-refractivity contribution in [3.8, 4) is 11.8 Å². The number of nitrogens with zero attached hydrogens (tertiary/aromatic N) is 4. The van der Waals surface area contributed by atoms with Gasteiger partial charge in [0.25, 0.3) is 0 Å². The number of halogens is 3. The molecule has 0 radical (unpaired) electrons. The molecule has 4 aromatic rings. The maximum atomic E-state index is 14.1. The van der Waals surface area contributed by atoms with Gasteiger partial charge in [0.1, 0.15) is 5.82 Å². The second-order valence-electron chi connectivity index (χ2n) is 10.9. The van der Waals surface area contributed by atoms with E-state index < -0.39 is 11.7 Å². The molecule has 0 unspecified atom stereocenters. The van der Waals surface area contributed by atoms with Crippen molar-refractivity contribution in [3.05, 3.63) is 106 Å². The van der Waals surface area contributed by atoms with Gasteiger partial charge in [-0.15, -0.1) is 0 Å². The molecule has 1 aliphatic rings. The minimum Gasteiger partial charge on any atom is -0.395 e. The molecular weight excluding hydrogens is 553 g/mol. The largest absolute Gasteiger partial charge is 0.416 e. The van der Waals surface area contributed by atoms with E-state index in [9.17, 15) is 18.0 Å². The van der Waals surface area contributed by atoms with Crippen LogP contribution in [0.5, 0.6) is 0 Å². The first-order valence-corrected chi connectivity index (χ1v) is 14.2. The second-order valence-corrected chi connectivity index (χ2v) is 10.9. The van der Waals surface area contributed by atoms with Crippen LogP contribution < -0.4 is 0 Å². The second kappa shape index (κ2) is 13.0. The third kappa shape index (κ3) is 7.65. The number of benzene rings is 3. The lowest BCUT2D eigenvalue weighted by atomic mass is 9.96. The molecule has 0 bridgehead atoms. The number of aryl methyl sites for hydroxylation is 2. The fraction of sp³-hybridized carbons (Fsp3) is 0.324. The maximum absolute atomic E-state index is 14.1. The molecule has 1 aromatic heterocycles. The van der Waals surface area contributed by atoms with E-state index in [0.29, 0.717) is 55.2 Å². The summed E-state index contributed by atoms with van der Waals surface area (Å²) in [5, 5.41) is 10.0. The molecule has 3 aromatic carbocycles. The van der Waals surface area contributed by atoms with Gasteiger partial charge in [-0.25, -0.2) is 9.97 Å². The van der Waals surface area contributed by atoms with Gasteiger partial charge in [-0.2, -0.15) is 13.2 Å². The average Bonchev–Trinajstić information content (AvgIpc) is 2.98. The van der Waals surface area contributed by atoms with Gasteiger partial charge in [-0.3, -0.25) is 14.6 Å². The number of carbonyl (C=O) groups is 1. The zero-order valence-corrected chi connectivity index (χ0v) is 24.2. The Labute approximate surface area is 249 Å². The summed E-state index contributed by atoms with van der Waals surface area (Å²) in [7, 11) is 0. The number of Topliss-reactive ketones (excluding diaryl/α,β-unsaturated/α-hetero) is 1. The minimum absolute atomic E-state index is 0.0664. The summed E-state index contributed by atoms with van der Waals surface area (Å²) in [6.07, 6.45) is -2.92. The molecule has 0 saturated carbocycles. The molecule has 222 valence electrons. The van der Waals surface area contributed by atoms with Crippen LogP contribution in [0.3, 0.4) is 0 Å². The van der Waals surface area contributed by atoms with Gasteiger partial charge in [0.05, 0.1) is 17.7 Å². The molecule has 43 heavy (non-hydrogen) atoms. The van der Waals surface area contributed by atoms with Crippen LogP contribution in [0.15, 0.2) is 60.8 Å². The lowest BCUT2D eigenvalue weighted by Gasteiger charge is -2.34. The lowest BCUT2D eigenvalue weighted by Crippen LogP contribution is -2.46. The highest BCUT2D eigenvalue weighted by Gasteiger charge is 2.34. The van der Waals surface area contributed by atoms with E-state index in [-0.39, 0.29) is 30.9 Å². The van der Waals surface area contributed by atoms with Crippen molar-refractivity contribution in [2.24, 2.45) is 0 Å². The molecule has 1 fully saturated rings. The highest BCUT2D eigenvalue weighted by Crippen LogP contribution is 2.34. The van der Waals surface area contributed by atoms with Crippen LogP contribution in [0.25, 0.3) is 10.9 Å². The molecule has 0 atom stereocenters. The van der Waals surface area contributed by atoms with Gasteiger partial charge >= 0.3 is 6.18 Å². The number of aliphatic hydroxyl groups is 1. The topological polar surface area (TPSA) is 69.6 Å². The molecular formula is C34H33F3N4O2. The van der Waals surface area contributed by atoms with E-state index in [1.807, 2.05) is 36.9 Å². The first-order chi connectivity index (χ1) is 20.6. The summed E-state index contributed by atoms with van der Waals surface area (Å²) in [6, 6.07) is 15.1. The highest BCUT2D eigenvalue weighted by atomic mass is 19.4. The number of alkyl halides is 3. The number of piperazine rings is 1. The monoisotopic (exact) mass is 586 g/mol. The average molecular weight is 587 g/mol. The van der Waals surface area contributed by atoms with Gasteiger partial charge in [-0.05, 0) is 54.8 Å². The molecule has 5 rings (SSSR count). The standard InChI is InChI=1S/C34H33F3N4O2/c1-23-3-7-28(20-27(23)8-4-25-5-9-29-21-38-24(2)39-32(29)18-25)33(43)19-26-6-10-30(31(17-26)34(35,36)37)22-41-13-11-40(12-14-41)15-16-42/h3,5-7,9-10,17-18,20-21,42H,11-16,19,22H2,1-2H3. The predicted molar refractivity (Wildman–Crippen MR) is 160 cm³/mol. The third-order valence-electron chi connectivity index (χ3n) is 7.72. The Hall–Kier alpha value is -4.10.